The summed E-state index contributed by atoms with van der Waals surface area (Å²) in [5, 5.41) is 0. The van der Waals surface area contributed by atoms with Gasteiger partial charge in [0.15, 0.2) is 0 Å². The summed E-state index contributed by atoms with van der Waals surface area (Å²) in [6.07, 6.45) is 5.37. The minimum Gasteiger partial charge on any atom is -0.378 e. The molecule has 0 heterocycles. The smallest absolute Gasteiger partial charge is 0.0580 e. The molecule has 90 valence electrons. The van der Waals surface area contributed by atoms with E-state index in [1.807, 2.05) is 0 Å². The van der Waals surface area contributed by atoms with Crippen LogP contribution in [-0.2, 0) is 4.74 Å². The second-order valence-electron chi connectivity index (χ2n) is 4.81. The summed E-state index contributed by atoms with van der Waals surface area (Å²) >= 11 is 0. The van der Waals surface area contributed by atoms with Crippen molar-refractivity contribution in [3.05, 3.63) is 0 Å². The van der Waals surface area contributed by atoms with Crippen molar-refractivity contribution in [2.75, 3.05) is 6.61 Å². The molecule has 0 aromatic heterocycles. The summed E-state index contributed by atoms with van der Waals surface area (Å²) in [5.74, 6) is 7.07. The summed E-state index contributed by atoms with van der Waals surface area (Å²) in [5.41, 5.74) is 2.96. The Morgan fingerprint density at radius 3 is 2.53 bits per heavy atom. The van der Waals surface area contributed by atoms with E-state index in [1.54, 1.807) is 0 Å². The zero-order valence-corrected chi connectivity index (χ0v) is 10.3. The summed E-state index contributed by atoms with van der Waals surface area (Å²) in [4.78, 5) is 0. The Morgan fingerprint density at radius 1 is 1.40 bits per heavy atom. The van der Waals surface area contributed by atoms with Gasteiger partial charge in [0.1, 0.15) is 0 Å². The Morgan fingerprint density at radius 2 is 2.07 bits per heavy atom. The molecule has 0 saturated heterocycles. The van der Waals surface area contributed by atoms with Crippen LogP contribution < -0.4 is 11.3 Å². The zero-order valence-electron chi connectivity index (χ0n) is 10.3. The summed E-state index contributed by atoms with van der Waals surface area (Å²) in [6, 6.07) is 0.475. The van der Waals surface area contributed by atoms with Crippen molar-refractivity contribution >= 4 is 0 Å². The van der Waals surface area contributed by atoms with Gasteiger partial charge in [0.25, 0.3) is 0 Å². The first-order valence-electron chi connectivity index (χ1n) is 6.28. The molecule has 0 aromatic carbocycles. The number of hydrogen-bond acceptors (Lipinski definition) is 3. The highest BCUT2D eigenvalue weighted by atomic mass is 16.5. The lowest BCUT2D eigenvalue weighted by Gasteiger charge is -2.38. The molecule has 1 fully saturated rings. The molecule has 0 bridgehead atoms. The standard InChI is InChI=1S/C12H26N2O/c1-4-9(3)12(14-13)8-10-6-11(7-10)15-5-2/h9-12,14H,4-8,13H2,1-3H3. The van der Waals surface area contributed by atoms with Crippen molar-refractivity contribution < 1.29 is 4.74 Å². The fourth-order valence-electron chi connectivity index (χ4n) is 2.35. The minimum atomic E-state index is 0.475. The molecule has 0 amide bonds. The van der Waals surface area contributed by atoms with Gasteiger partial charge in [-0.2, -0.15) is 0 Å². The van der Waals surface area contributed by atoms with Crippen LogP contribution >= 0.6 is 0 Å². The Hall–Kier alpha value is -0.120. The van der Waals surface area contributed by atoms with Crippen molar-refractivity contribution in [3.63, 3.8) is 0 Å². The monoisotopic (exact) mass is 214 g/mol. The molecular weight excluding hydrogens is 188 g/mol. The first kappa shape index (κ1) is 12.9. The molecule has 0 aliphatic heterocycles. The van der Waals surface area contributed by atoms with E-state index in [1.165, 1.54) is 25.7 Å². The topological polar surface area (TPSA) is 47.3 Å². The average Bonchev–Trinajstić information content (AvgIpc) is 2.20. The first-order valence-corrected chi connectivity index (χ1v) is 6.28. The lowest BCUT2D eigenvalue weighted by Crippen LogP contribution is -2.44. The average molecular weight is 214 g/mol. The molecule has 1 rings (SSSR count). The molecule has 3 N–H and O–H groups in total. The van der Waals surface area contributed by atoms with E-state index in [4.69, 9.17) is 10.6 Å². The van der Waals surface area contributed by atoms with Crippen molar-refractivity contribution in [1.29, 1.82) is 0 Å². The first-order chi connectivity index (χ1) is 7.21. The molecule has 1 aliphatic carbocycles. The van der Waals surface area contributed by atoms with Gasteiger partial charge in [0.05, 0.1) is 6.10 Å². The Balaban J connectivity index is 2.18. The molecule has 1 saturated carbocycles. The van der Waals surface area contributed by atoms with Crippen LogP contribution in [0.25, 0.3) is 0 Å². The molecule has 0 radical (unpaired) electrons. The van der Waals surface area contributed by atoms with Crippen LogP contribution in [0.4, 0.5) is 0 Å². The van der Waals surface area contributed by atoms with Gasteiger partial charge in [-0.25, -0.2) is 0 Å². The number of nitrogens with one attached hydrogen (secondary N) is 1. The van der Waals surface area contributed by atoms with Crippen LogP contribution in [0.1, 0.15) is 46.5 Å². The third-order valence-corrected chi connectivity index (χ3v) is 3.73. The van der Waals surface area contributed by atoms with E-state index in [0.717, 1.165) is 12.5 Å². The maximum absolute atomic E-state index is 5.59. The Labute approximate surface area is 93.7 Å². The van der Waals surface area contributed by atoms with Gasteiger partial charge in [-0.3, -0.25) is 11.3 Å². The van der Waals surface area contributed by atoms with Crippen molar-refractivity contribution in [2.45, 2.75) is 58.6 Å². The van der Waals surface area contributed by atoms with Crippen LogP contribution in [0.2, 0.25) is 0 Å². The molecule has 3 heteroatoms. The van der Waals surface area contributed by atoms with Crippen LogP contribution in [-0.4, -0.2) is 18.8 Å². The van der Waals surface area contributed by atoms with Crippen LogP contribution in [0.5, 0.6) is 0 Å². The van der Waals surface area contributed by atoms with Gasteiger partial charge in [-0.05, 0) is 38.0 Å². The number of hydrogen-bond donors (Lipinski definition) is 2. The summed E-state index contributed by atoms with van der Waals surface area (Å²) in [7, 11) is 0. The molecule has 2 atom stereocenters. The van der Waals surface area contributed by atoms with Gasteiger partial charge in [0.2, 0.25) is 0 Å². The fourth-order valence-corrected chi connectivity index (χ4v) is 2.35. The third kappa shape index (κ3) is 3.74. The number of rotatable bonds is 7. The quantitative estimate of drug-likeness (QED) is 0.504. The molecule has 2 unspecified atom stereocenters. The lowest BCUT2D eigenvalue weighted by atomic mass is 9.76. The third-order valence-electron chi connectivity index (χ3n) is 3.73. The van der Waals surface area contributed by atoms with Crippen LogP contribution in [0.15, 0.2) is 0 Å². The summed E-state index contributed by atoms with van der Waals surface area (Å²) in [6.45, 7) is 7.40. The molecule has 15 heavy (non-hydrogen) atoms. The highest BCUT2D eigenvalue weighted by molar-refractivity contribution is 4.85. The van der Waals surface area contributed by atoms with E-state index in [9.17, 15) is 0 Å². The SMILES string of the molecule is CCOC1CC(CC(NN)C(C)CC)C1. The largest absolute Gasteiger partial charge is 0.378 e. The van der Waals surface area contributed by atoms with E-state index < -0.39 is 0 Å². The Kier molecular flexibility index (Phi) is 5.58. The van der Waals surface area contributed by atoms with Crippen molar-refractivity contribution in [2.24, 2.45) is 17.7 Å². The van der Waals surface area contributed by atoms with Crippen molar-refractivity contribution in [3.8, 4) is 0 Å². The minimum absolute atomic E-state index is 0.475. The molecule has 1 aliphatic rings. The van der Waals surface area contributed by atoms with Gasteiger partial charge in [0, 0.05) is 12.6 Å². The maximum Gasteiger partial charge on any atom is 0.0580 e. The second kappa shape index (κ2) is 6.46. The number of nitrogens with two attached hydrogens (primary N) is 1. The predicted octanol–water partition coefficient (Wildman–Crippen LogP) is 2.07. The van der Waals surface area contributed by atoms with E-state index in [0.29, 0.717) is 18.1 Å². The Bertz CT molecular complexity index is 169. The molecule has 3 nitrogen and oxygen atoms in total. The number of ether oxygens (including phenoxy) is 1. The van der Waals surface area contributed by atoms with Gasteiger partial charge < -0.3 is 4.74 Å². The fraction of sp³-hybridized carbons (Fsp3) is 1.00. The van der Waals surface area contributed by atoms with Gasteiger partial charge >= 0.3 is 0 Å². The highest BCUT2D eigenvalue weighted by Gasteiger charge is 2.32. The summed E-state index contributed by atoms with van der Waals surface area (Å²) < 4.78 is 5.56. The van der Waals surface area contributed by atoms with E-state index >= 15 is 0 Å². The lowest BCUT2D eigenvalue weighted by molar-refractivity contribution is -0.0305. The van der Waals surface area contributed by atoms with Crippen LogP contribution in [0, 0.1) is 11.8 Å². The van der Waals surface area contributed by atoms with E-state index in [-0.39, 0.29) is 0 Å². The maximum atomic E-state index is 5.59. The van der Waals surface area contributed by atoms with E-state index in [2.05, 4.69) is 26.2 Å². The molecule has 0 spiro atoms. The van der Waals surface area contributed by atoms with Crippen molar-refractivity contribution in [1.82, 2.24) is 5.43 Å². The second-order valence-corrected chi connectivity index (χ2v) is 4.81. The highest BCUT2D eigenvalue weighted by Crippen LogP contribution is 2.34. The normalized spacial score (nSPS) is 29.6. The number of hydrazine groups is 1. The van der Waals surface area contributed by atoms with Gasteiger partial charge in [-0.15, -0.1) is 0 Å². The predicted molar refractivity (Wildman–Crippen MR) is 63.3 cm³/mol. The van der Waals surface area contributed by atoms with Crippen LogP contribution in [0.3, 0.4) is 0 Å². The molecule has 0 aromatic rings. The van der Waals surface area contributed by atoms with Gasteiger partial charge in [-0.1, -0.05) is 20.3 Å². The molecular formula is C12H26N2O. The zero-order chi connectivity index (χ0) is 11.3.